The molecule has 0 unspecified atom stereocenters. The Hall–Kier alpha value is -1.84. The minimum atomic E-state index is -4.60. The Kier molecular flexibility index (Phi) is 6.09. The average molecular weight is 272 g/mol. The molecule has 3 N–H and O–H groups in total. The zero-order valence-corrected chi connectivity index (χ0v) is 9.07. The summed E-state index contributed by atoms with van der Waals surface area (Å²) in [6, 6.07) is 0. The van der Waals surface area contributed by atoms with E-state index < -0.39 is 50.3 Å². The summed E-state index contributed by atoms with van der Waals surface area (Å²) < 4.78 is 39.2. The molecule has 0 aromatic rings. The lowest BCUT2D eigenvalue weighted by Gasteiger charge is -2.19. The molecule has 0 spiro atoms. The molecule has 0 bridgehead atoms. The van der Waals surface area contributed by atoms with Crippen LogP contribution < -0.4 is 5.73 Å². The number of alkyl halides is 3. The van der Waals surface area contributed by atoms with Crippen molar-refractivity contribution in [2.75, 3.05) is 26.3 Å². The van der Waals surface area contributed by atoms with E-state index in [0.29, 0.717) is 4.90 Å². The monoisotopic (exact) mass is 272 g/mol. The molecule has 0 aliphatic carbocycles. The van der Waals surface area contributed by atoms with E-state index in [4.69, 9.17) is 10.8 Å². The first-order valence-corrected chi connectivity index (χ1v) is 4.54. The summed E-state index contributed by atoms with van der Waals surface area (Å²) >= 11 is 0. The van der Waals surface area contributed by atoms with Crippen molar-refractivity contribution in [1.29, 1.82) is 0 Å². The van der Waals surface area contributed by atoms with Crippen LogP contribution in [-0.2, 0) is 19.1 Å². The number of nitrogens with zero attached hydrogens (tertiary/aromatic N) is 1. The van der Waals surface area contributed by atoms with Crippen LogP contribution in [0, 0.1) is 0 Å². The van der Waals surface area contributed by atoms with E-state index in [1.165, 1.54) is 0 Å². The summed E-state index contributed by atoms with van der Waals surface area (Å²) in [7, 11) is 0. The minimum Gasteiger partial charge on any atom is -0.480 e. The van der Waals surface area contributed by atoms with Crippen LogP contribution in [0.4, 0.5) is 13.2 Å². The zero-order chi connectivity index (χ0) is 14.3. The van der Waals surface area contributed by atoms with E-state index >= 15 is 0 Å². The largest absolute Gasteiger partial charge is 0.480 e. The molecular weight excluding hydrogens is 261 g/mol. The van der Waals surface area contributed by atoms with Crippen LogP contribution in [0.2, 0.25) is 0 Å². The summed E-state index contributed by atoms with van der Waals surface area (Å²) in [6.45, 7) is -4.19. The number of aliphatic carboxylic acids is 1. The van der Waals surface area contributed by atoms with Crippen molar-refractivity contribution in [1.82, 2.24) is 4.90 Å². The third kappa shape index (κ3) is 8.33. The number of amides is 2. The lowest BCUT2D eigenvalue weighted by atomic mass is 10.4. The molecule has 0 fully saturated rings. The Labute approximate surface area is 99.3 Å². The van der Waals surface area contributed by atoms with E-state index in [1.54, 1.807) is 0 Å². The van der Waals surface area contributed by atoms with E-state index in [1.807, 2.05) is 0 Å². The molecule has 2 amide bonds. The second-order valence-electron chi connectivity index (χ2n) is 3.22. The summed E-state index contributed by atoms with van der Waals surface area (Å²) in [5, 5.41) is 8.43. The molecule has 0 saturated heterocycles. The number of carbonyl (C=O) groups excluding carboxylic acids is 2. The van der Waals surface area contributed by atoms with Gasteiger partial charge in [0.05, 0.1) is 0 Å². The maximum absolute atomic E-state index is 11.7. The number of hydrogen-bond acceptors (Lipinski definition) is 4. The van der Waals surface area contributed by atoms with Crippen molar-refractivity contribution >= 4 is 17.8 Å². The highest BCUT2D eigenvalue weighted by Crippen LogP contribution is 2.14. The maximum Gasteiger partial charge on any atom is 0.411 e. The average Bonchev–Trinajstić information content (AvgIpc) is 2.12. The Morgan fingerprint density at radius 2 is 1.78 bits per heavy atom. The zero-order valence-electron chi connectivity index (χ0n) is 9.07. The predicted molar refractivity (Wildman–Crippen MR) is 50.3 cm³/mol. The molecule has 0 saturated carbocycles. The van der Waals surface area contributed by atoms with Gasteiger partial charge in [0.1, 0.15) is 26.3 Å². The first kappa shape index (κ1) is 16.2. The van der Waals surface area contributed by atoms with Gasteiger partial charge in [-0.2, -0.15) is 13.2 Å². The summed E-state index contributed by atoms with van der Waals surface area (Å²) in [6.07, 6.45) is -4.60. The molecule has 104 valence electrons. The highest BCUT2D eigenvalue weighted by Gasteiger charge is 2.28. The molecule has 0 rings (SSSR count). The number of hydrogen-bond donors (Lipinski definition) is 2. The highest BCUT2D eigenvalue weighted by molar-refractivity contribution is 5.87. The minimum absolute atomic E-state index is 0.487. The van der Waals surface area contributed by atoms with Crippen molar-refractivity contribution in [2.45, 2.75) is 6.18 Å². The van der Waals surface area contributed by atoms with Gasteiger partial charge in [0.2, 0.25) is 11.8 Å². The van der Waals surface area contributed by atoms with E-state index in [0.717, 1.165) is 0 Å². The van der Waals surface area contributed by atoms with Crippen LogP contribution in [0.1, 0.15) is 0 Å². The summed E-state index contributed by atoms with van der Waals surface area (Å²) in [5.74, 6) is -3.48. The van der Waals surface area contributed by atoms with E-state index in [2.05, 4.69) is 4.74 Å². The Morgan fingerprint density at radius 1 is 1.22 bits per heavy atom. The van der Waals surface area contributed by atoms with Gasteiger partial charge in [-0.05, 0) is 0 Å². The van der Waals surface area contributed by atoms with Crippen molar-refractivity contribution < 1.29 is 37.4 Å². The van der Waals surface area contributed by atoms with Crippen molar-refractivity contribution in [3.63, 3.8) is 0 Å². The maximum atomic E-state index is 11.7. The van der Waals surface area contributed by atoms with Gasteiger partial charge in [-0.3, -0.25) is 14.4 Å². The molecule has 18 heavy (non-hydrogen) atoms. The van der Waals surface area contributed by atoms with Crippen LogP contribution in [0.25, 0.3) is 0 Å². The number of halogens is 3. The second kappa shape index (κ2) is 6.79. The van der Waals surface area contributed by atoms with E-state index in [-0.39, 0.29) is 0 Å². The molecule has 0 radical (unpaired) electrons. The van der Waals surface area contributed by atoms with Crippen LogP contribution in [0.3, 0.4) is 0 Å². The molecular formula is C8H11F3N2O5. The first-order chi connectivity index (χ1) is 8.11. The van der Waals surface area contributed by atoms with Gasteiger partial charge in [-0.1, -0.05) is 0 Å². The van der Waals surface area contributed by atoms with Crippen molar-refractivity contribution in [3.8, 4) is 0 Å². The fourth-order valence-electron chi connectivity index (χ4n) is 0.929. The third-order valence-electron chi connectivity index (χ3n) is 1.52. The smallest absolute Gasteiger partial charge is 0.411 e. The lowest BCUT2D eigenvalue weighted by molar-refractivity contribution is -0.178. The fourth-order valence-corrected chi connectivity index (χ4v) is 0.929. The lowest BCUT2D eigenvalue weighted by Crippen LogP contribution is -2.43. The second-order valence-corrected chi connectivity index (χ2v) is 3.22. The van der Waals surface area contributed by atoms with Gasteiger partial charge in [-0.15, -0.1) is 0 Å². The van der Waals surface area contributed by atoms with Gasteiger partial charge < -0.3 is 20.5 Å². The number of rotatable bonds is 7. The highest BCUT2D eigenvalue weighted by atomic mass is 19.4. The number of nitrogens with two attached hydrogens (primary N) is 1. The van der Waals surface area contributed by atoms with Crippen molar-refractivity contribution in [2.24, 2.45) is 5.73 Å². The number of ether oxygens (including phenoxy) is 1. The molecule has 0 atom stereocenters. The molecule has 0 heterocycles. The molecule has 0 aliphatic heterocycles. The number of carboxylic acids is 1. The standard InChI is InChI=1S/C8H11F3N2O5/c9-8(10,11)4-18-3-6(15)13(1-5(12)14)2-7(16)17/h1-4H2,(H2,12,14)(H,16,17). The van der Waals surface area contributed by atoms with Crippen molar-refractivity contribution in [3.05, 3.63) is 0 Å². The van der Waals surface area contributed by atoms with Gasteiger partial charge in [-0.25, -0.2) is 0 Å². The molecule has 0 aromatic carbocycles. The Morgan fingerprint density at radius 3 is 2.17 bits per heavy atom. The Balaban J connectivity index is 4.29. The normalized spacial score (nSPS) is 11.1. The number of carboxylic acid groups (broad SMARTS) is 1. The molecule has 7 nitrogen and oxygen atoms in total. The van der Waals surface area contributed by atoms with Gasteiger partial charge in [0.15, 0.2) is 0 Å². The van der Waals surface area contributed by atoms with E-state index in [9.17, 15) is 27.6 Å². The molecule has 10 heteroatoms. The number of primary amides is 1. The van der Waals surface area contributed by atoms with Crippen LogP contribution in [-0.4, -0.2) is 60.3 Å². The van der Waals surface area contributed by atoms with Gasteiger partial charge in [0, 0.05) is 0 Å². The summed E-state index contributed by atoms with van der Waals surface area (Å²) in [4.78, 5) is 32.7. The SMILES string of the molecule is NC(=O)CN(CC(=O)O)C(=O)COCC(F)(F)F. The third-order valence-corrected chi connectivity index (χ3v) is 1.52. The van der Waals surface area contributed by atoms with Crippen LogP contribution in [0.15, 0.2) is 0 Å². The van der Waals surface area contributed by atoms with Gasteiger partial charge in [0.25, 0.3) is 0 Å². The molecule has 0 aromatic heterocycles. The first-order valence-electron chi connectivity index (χ1n) is 4.54. The van der Waals surface area contributed by atoms with Gasteiger partial charge >= 0.3 is 12.1 Å². The van der Waals surface area contributed by atoms with Crippen LogP contribution in [0.5, 0.6) is 0 Å². The molecule has 0 aliphatic rings. The number of carbonyl (C=O) groups is 3. The summed E-state index contributed by atoms with van der Waals surface area (Å²) in [5.41, 5.74) is 4.76. The van der Waals surface area contributed by atoms with Crippen LogP contribution >= 0.6 is 0 Å². The topological polar surface area (TPSA) is 110 Å². The predicted octanol–water partition coefficient (Wildman–Crippen LogP) is -1.04. The Bertz CT molecular complexity index is 315. The quantitative estimate of drug-likeness (QED) is 0.615. The fraction of sp³-hybridized carbons (Fsp3) is 0.625.